The molecule has 2 aliphatic rings. The van der Waals surface area contributed by atoms with Crippen molar-refractivity contribution in [2.75, 3.05) is 45.3 Å². The molecule has 43 heavy (non-hydrogen) atoms. The molecule has 11 nitrogen and oxygen atoms in total. The number of aromatic nitrogens is 4. The molecule has 2 aliphatic heterocycles. The number of carbonyl (C=O) groups is 1. The molecule has 4 aromatic rings. The van der Waals surface area contributed by atoms with E-state index in [0.717, 1.165) is 30.2 Å². The molecule has 0 saturated carbocycles. The van der Waals surface area contributed by atoms with Gasteiger partial charge < -0.3 is 29.2 Å². The summed E-state index contributed by atoms with van der Waals surface area (Å²) in [5.41, 5.74) is 3.35. The molecule has 226 valence electrons. The standard InChI is InChI=1S/C30H32Cl2N6O5/c1-18(27-22(31)16-33-17-23(27)32)43-20-6-7-25-21(14-20)28(36-38(25)26-5-3-4-10-42-26)19-13-24(29(40-2)34-15-19)35-30(39)37-8-11-41-12-9-37/h6-7,13-18,26H,3-5,8-12H2,1-2H3,(H,35,39)/t18-,26?/m1/s1. The molecule has 2 amide bonds. The van der Waals surface area contributed by atoms with Gasteiger partial charge in [-0.15, -0.1) is 0 Å². The zero-order valence-electron chi connectivity index (χ0n) is 23.9. The summed E-state index contributed by atoms with van der Waals surface area (Å²) in [6.45, 7) is 4.57. The molecule has 2 atom stereocenters. The monoisotopic (exact) mass is 626 g/mol. The van der Waals surface area contributed by atoms with Gasteiger partial charge in [-0.1, -0.05) is 23.2 Å². The molecule has 0 spiro atoms. The first kappa shape index (κ1) is 29.4. The third-order valence-corrected chi connectivity index (χ3v) is 8.18. The third-order valence-electron chi connectivity index (χ3n) is 7.57. The minimum absolute atomic E-state index is 0.197. The lowest BCUT2D eigenvalue weighted by Crippen LogP contribution is -2.43. The zero-order valence-corrected chi connectivity index (χ0v) is 25.4. The van der Waals surface area contributed by atoms with Crippen LogP contribution in [0.1, 0.15) is 44.1 Å². The Bertz CT molecular complexity index is 1600. The average Bonchev–Trinajstić information content (AvgIpc) is 3.40. The van der Waals surface area contributed by atoms with Crippen LogP contribution >= 0.6 is 23.2 Å². The van der Waals surface area contributed by atoms with E-state index in [4.69, 9.17) is 47.2 Å². The van der Waals surface area contributed by atoms with E-state index in [1.165, 1.54) is 7.11 Å². The highest BCUT2D eigenvalue weighted by atomic mass is 35.5. The number of fused-ring (bicyclic) bond motifs is 1. The van der Waals surface area contributed by atoms with Crippen LogP contribution < -0.4 is 14.8 Å². The maximum Gasteiger partial charge on any atom is 0.322 e. The van der Waals surface area contributed by atoms with Crippen LogP contribution in [-0.4, -0.2) is 70.7 Å². The van der Waals surface area contributed by atoms with Gasteiger partial charge in [-0.25, -0.2) is 14.5 Å². The first-order valence-electron chi connectivity index (χ1n) is 14.2. The number of nitrogens with zero attached hydrogens (tertiary/aromatic N) is 5. The number of benzene rings is 1. The van der Waals surface area contributed by atoms with Crippen LogP contribution in [0, 0.1) is 0 Å². The molecule has 3 aromatic heterocycles. The highest BCUT2D eigenvalue weighted by molar-refractivity contribution is 6.35. The lowest BCUT2D eigenvalue weighted by Gasteiger charge is -2.27. The van der Waals surface area contributed by atoms with Gasteiger partial charge >= 0.3 is 6.03 Å². The highest BCUT2D eigenvalue weighted by Crippen LogP contribution is 2.38. The fourth-order valence-electron chi connectivity index (χ4n) is 5.41. The Morgan fingerprint density at radius 3 is 2.60 bits per heavy atom. The Morgan fingerprint density at radius 1 is 1.09 bits per heavy atom. The molecule has 0 bridgehead atoms. The number of pyridine rings is 2. The summed E-state index contributed by atoms with van der Waals surface area (Å²) in [6, 6.07) is 7.38. The first-order chi connectivity index (χ1) is 20.9. The van der Waals surface area contributed by atoms with Gasteiger partial charge in [-0.3, -0.25) is 4.98 Å². The summed E-state index contributed by atoms with van der Waals surface area (Å²) >= 11 is 12.8. The van der Waals surface area contributed by atoms with E-state index < -0.39 is 6.10 Å². The number of amides is 2. The number of carbonyl (C=O) groups excluding carboxylic acids is 1. The van der Waals surface area contributed by atoms with Crippen molar-refractivity contribution in [3.63, 3.8) is 0 Å². The molecular formula is C30H32Cl2N6O5. The second-order valence-electron chi connectivity index (χ2n) is 10.4. The molecule has 1 N–H and O–H groups in total. The predicted molar refractivity (Wildman–Crippen MR) is 163 cm³/mol. The Hall–Kier alpha value is -3.64. The fraction of sp³-hybridized carbons (Fsp3) is 0.400. The number of urea groups is 1. The smallest absolute Gasteiger partial charge is 0.322 e. The quantitative estimate of drug-likeness (QED) is 0.247. The first-order valence-corrected chi connectivity index (χ1v) is 15.0. The topological polar surface area (TPSA) is 113 Å². The van der Waals surface area contributed by atoms with Gasteiger partial charge in [0.2, 0.25) is 5.88 Å². The van der Waals surface area contributed by atoms with E-state index in [2.05, 4.69) is 15.3 Å². The summed E-state index contributed by atoms with van der Waals surface area (Å²) in [7, 11) is 1.52. The Labute approximate surface area is 259 Å². The number of halogens is 2. The zero-order chi connectivity index (χ0) is 29.9. The van der Waals surface area contributed by atoms with E-state index in [0.29, 0.717) is 77.1 Å². The van der Waals surface area contributed by atoms with E-state index in [1.54, 1.807) is 23.5 Å². The third kappa shape index (κ3) is 6.21. The molecule has 0 aliphatic carbocycles. The highest BCUT2D eigenvalue weighted by Gasteiger charge is 2.25. The predicted octanol–water partition coefficient (Wildman–Crippen LogP) is 6.51. The molecule has 13 heteroatoms. The molecular weight excluding hydrogens is 595 g/mol. The number of hydrogen-bond donors (Lipinski definition) is 1. The summed E-state index contributed by atoms with van der Waals surface area (Å²) in [5.74, 6) is 0.908. The number of anilines is 1. The molecule has 6 rings (SSSR count). The van der Waals surface area contributed by atoms with Crippen LogP contribution in [0.4, 0.5) is 10.5 Å². The van der Waals surface area contributed by atoms with Crippen LogP contribution in [0.15, 0.2) is 42.9 Å². The van der Waals surface area contributed by atoms with Crippen molar-refractivity contribution in [2.45, 2.75) is 38.5 Å². The number of nitrogens with one attached hydrogen (secondary N) is 1. The number of rotatable bonds is 7. The summed E-state index contributed by atoms with van der Waals surface area (Å²) in [4.78, 5) is 23.3. The minimum Gasteiger partial charge on any atom is -0.486 e. The lowest BCUT2D eigenvalue weighted by molar-refractivity contribution is -0.0365. The maximum absolute atomic E-state index is 13.0. The SMILES string of the molecule is COc1ncc(-c2nn(C3CCCCO3)c3ccc(O[C@H](C)c4c(Cl)cncc4Cl)cc23)cc1NC(=O)N1CCOCC1. The molecule has 2 saturated heterocycles. The molecule has 1 aromatic carbocycles. The number of ether oxygens (including phenoxy) is 4. The van der Waals surface area contributed by atoms with Gasteiger partial charge in [0, 0.05) is 54.8 Å². The Balaban J connectivity index is 1.39. The second-order valence-corrected chi connectivity index (χ2v) is 11.2. The van der Waals surface area contributed by atoms with Crippen molar-refractivity contribution in [2.24, 2.45) is 0 Å². The minimum atomic E-state index is -0.440. The summed E-state index contributed by atoms with van der Waals surface area (Å²) in [5, 5.41) is 9.67. The Morgan fingerprint density at radius 2 is 1.88 bits per heavy atom. The van der Waals surface area contributed by atoms with Crippen molar-refractivity contribution in [3.05, 3.63) is 58.5 Å². The van der Waals surface area contributed by atoms with Gasteiger partial charge in [0.1, 0.15) is 23.2 Å². The van der Waals surface area contributed by atoms with E-state index in [1.807, 2.05) is 35.9 Å². The van der Waals surface area contributed by atoms with Crippen molar-refractivity contribution in [1.29, 1.82) is 0 Å². The Kier molecular flexibility index (Phi) is 8.85. The largest absolute Gasteiger partial charge is 0.486 e. The van der Waals surface area contributed by atoms with E-state index >= 15 is 0 Å². The van der Waals surface area contributed by atoms with Crippen molar-refractivity contribution < 1.29 is 23.7 Å². The van der Waals surface area contributed by atoms with Gasteiger partial charge in [-0.05, 0) is 50.5 Å². The van der Waals surface area contributed by atoms with Crippen molar-refractivity contribution in [1.82, 2.24) is 24.6 Å². The van der Waals surface area contributed by atoms with E-state index in [9.17, 15) is 4.79 Å². The van der Waals surface area contributed by atoms with Crippen molar-refractivity contribution in [3.8, 4) is 22.9 Å². The normalized spacial score (nSPS) is 18.0. The van der Waals surface area contributed by atoms with Gasteiger partial charge in [0.15, 0.2) is 6.23 Å². The van der Waals surface area contributed by atoms with Crippen LogP contribution in [0.2, 0.25) is 10.0 Å². The number of hydrogen-bond acceptors (Lipinski definition) is 8. The molecule has 1 unspecified atom stereocenters. The number of methoxy groups -OCH3 is 1. The summed E-state index contributed by atoms with van der Waals surface area (Å²) < 4.78 is 25.2. The van der Waals surface area contributed by atoms with Crippen LogP contribution in [0.5, 0.6) is 11.6 Å². The van der Waals surface area contributed by atoms with Crippen LogP contribution in [0.25, 0.3) is 22.2 Å². The molecule has 0 radical (unpaired) electrons. The summed E-state index contributed by atoms with van der Waals surface area (Å²) in [6.07, 6.45) is 7.06. The van der Waals surface area contributed by atoms with Crippen molar-refractivity contribution >= 4 is 45.8 Å². The molecule has 5 heterocycles. The van der Waals surface area contributed by atoms with Crippen LogP contribution in [-0.2, 0) is 9.47 Å². The van der Waals surface area contributed by atoms with Gasteiger partial charge in [0.05, 0.1) is 35.9 Å². The van der Waals surface area contributed by atoms with Gasteiger partial charge in [0.25, 0.3) is 0 Å². The second kappa shape index (κ2) is 12.9. The maximum atomic E-state index is 13.0. The fourth-order valence-corrected chi connectivity index (χ4v) is 6.08. The average molecular weight is 628 g/mol. The van der Waals surface area contributed by atoms with E-state index in [-0.39, 0.29) is 12.3 Å². The van der Waals surface area contributed by atoms with Crippen LogP contribution in [0.3, 0.4) is 0 Å². The molecule has 2 fully saturated rings. The van der Waals surface area contributed by atoms with Gasteiger partial charge in [-0.2, -0.15) is 5.10 Å². The number of morpholine rings is 1. The lowest BCUT2D eigenvalue weighted by atomic mass is 10.1.